The van der Waals surface area contributed by atoms with Gasteiger partial charge in [-0.15, -0.1) is 0 Å². The average molecular weight is 513 g/mol. The second-order valence-corrected chi connectivity index (χ2v) is 7.70. The summed E-state index contributed by atoms with van der Waals surface area (Å²) in [5.41, 5.74) is 0.895. The Labute approximate surface area is 213 Å². The summed E-state index contributed by atoms with van der Waals surface area (Å²) in [7, 11) is 1.89. The molecule has 11 nitrogen and oxygen atoms in total. The highest BCUT2D eigenvalue weighted by Crippen LogP contribution is 2.21. The van der Waals surface area contributed by atoms with Crippen LogP contribution < -0.4 is 5.32 Å². The number of ether oxygens (including phenoxy) is 7. The molecule has 0 radical (unpaired) electrons. The molecule has 11 heteroatoms. The molecule has 0 bridgehead atoms. The van der Waals surface area contributed by atoms with Crippen molar-refractivity contribution >= 4 is 11.8 Å². The van der Waals surface area contributed by atoms with Gasteiger partial charge in [0, 0.05) is 6.54 Å². The number of amides is 2. The van der Waals surface area contributed by atoms with E-state index in [1.165, 1.54) is 4.90 Å². The number of nitrogens with zero attached hydrogens (tertiary/aromatic N) is 1. The van der Waals surface area contributed by atoms with Crippen LogP contribution in [0.15, 0.2) is 24.3 Å². The van der Waals surface area contributed by atoms with Gasteiger partial charge in [-0.25, -0.2) is 0 Å². The van der Waals surface area contributed by atoms with Crippen LogP contribution in [0, 0.1) is 0 Å². The van der Waals surface area contributed by atoms with E-state index in [0.717, 1.165) is 6.54 Å². The van der Waals surface area contributed by atoms with E-state index >= 15 is 0 Å². The van der Waals surface area contributed by atoms with Gasteiger partial charge in [0.25, 0.3) is 11.8 Å². The third-order valence-corrected chi connectivity index (χ3v) is 5.07. The number of likely N-dealkylation sites (N-methyl/N-ethyl adjacent to an activating group) is 1. The lowest BCUT2D eigenvalue weighted by Crippen LogP contribution is -2.33. The van der Waals surface area contributed by atoms with Crippen LogP contribution in [-0.2, 0) is 33.2 Å². The first-order valence-corrected chi connectivity index (χ1v) is 12.4. The zero-order valence-electron chi connectivity index (χ0n) is 21.2. The molecule has 0 unspecified atom stereocenters. The zero-order chi connectivity index (χ0) is 25.7. The van der Waals surface area contributed by atoms with Gasteiger partial charge in [0.1, 0.15) is 0 Å². The van der Waals surface area contributed by atoms with Crippen molar-refractivity contribution in [3.63, 3.8) is 0 Å². The van der Waals surface area contributed by atoms with Gasteiger partial charge >= 0.3 is 0 Å². The molecule has 2 rings (SSSR count). The Morgan fingerprint density at radius 1 is 0.556 bits per heavy atom. The maximum atomic E-state index is 12.2. The monoisotopic (exact) mass is 512 g/mol. The summed E-state index contributed by atoms with van der Waals surface area (Å²) in [6.45, 7) is 7.93. The van der Waals surface area contributed by atoms with E-state index in [4.69, 9.17) is 33.2 Å². The highest BCUT2D eigenvalue weighted by Gasteiger charge is 2.34. The minimum absolute atomic E-state index is 0.223. The van der Waals surface area contributed by atoms with Crippen molar-refractivity contribution in [3.8, 4) is 0 Å². The molecule has 1 N–H and O–H groups in total. The number of imide groups is 1. The molecule has 0 saturated heterocycles. The van der Waals surface area contributed by atoms with Crippen LogP contribution in [0.25, 0.3) is 0 Å². The van der Waals surface area contributed by atoms with Crippen LogP contribution in [0.5, 0.6) is 0 Å². The first kappa shape index (κ1) is 30.3. The molecule has 1 aliphatic heterocycles. The van der Waals surface area contributed by atoms with Crippen LogP contribution in [0.1, 0.15) is 20.7 Å². The fourth-order valence-electron chi connectivity index (χ4n) is 3.19. The van der Waals surface area contributed by atoms with E-state index in [1.54, 1.807) is 24.3 Å². The molecular weight excluding hydrogens is 472 g/mol. The Kier molecular flexibility index (Phi) is 16.9. The predicted molar refractivity (Wildman–Crippen MR) is 131 cm³/mol. The minimum atomic E-state index is -0.271. The maximum absolute atomic E-state index is 12.2. The van der Waals surface area contributed by atoms with Crippen molar-refractivity contribution in [1.29, 1.82) is 0 Å². The molecule has 1 aliphatic rings. The molecular formula is C25H40N2O9. The minimum Gasteiger partial charge on any atom is -0.378 e. The molecule has 0 aliphatic carbocycles. The molecule has 2 amide bonds. The van der Waals surface area contributed by atoms with Crippen molar-refractivity contribution in [2.45, 2.75) is 0 Å². The number of nitrogens with one attached hydrogen (secondary N) is 1. The molecule has 204 valence electrons. The molecule has 36 heavy (non-hydrogen) atoms. The first-order valence-electron chi connectivity index (χ1n) is 12.4. The van der Waals surface area contributed by atoms with Gasteiger partial charge in [0.15, 0.2) is 0 Å². The predicted octanol–water partition coefficient (Wildman–Crippen LogP) is 0.618. The van der Waals surface area contributed by atoms with Gasteiger partial charge in [-0.05, 0) is 19.2 Å². The van der Waals surface area contributed by atoms with E-state index in [1.807, 2.05) is 7.05 Å². The number of fused-ring (bicyclic) bond motifs is 1. The molecule has 0 aromatic heterocycles. The van der Waals surface area contributed by atoms with Crippen molar-refractivity contribution < 1.29 is 42.7 Å². The Morgan fingerprint density at radius 2 is 0.889 bits per heavy atom. The lowest BCUT2D eigenvalue weighted by atomic mass is 10.1. The summed E-state index contributed by atoms with van der Waals surface area (Å²) in [5, 5.41) is 3.01. The normalized spacial score (nSPS) is 13.1. The van der Waals surface area contributed by atoms with Crippen LogP contribution >= 0.6 is 0 Å². The Hall–Kier alpha value is -1.96. The molecule has 0 atom stereocenters. The Morgan fingerprint density at radius 3 is 1.25 bits per heavy atom. The Bertz CT molecular complexity index is 700. The summed E-state index contributed by atoms with van der Waals surface area (Å²) in [6.07, 6.45) is 0. The third kappa shape index (κ3) is 12.3. The van der Waals surface area contributed by atoms with Gasteiger partial charge in [0.2, 0.25) is 0 Å². The van der Waals surface area contributed by atoms with Crippen LogP contribution in [0.4, 0.5) is 0 Å². The average Bonchev–Trinajstić information content (AvgIpc) is 3.14. The summed E-state index contributed by atoms with van der Waals surface area (Å²) >= 11 is 0. The number of hydrogen-bond donors (Lipinski definition) is 1. The molecule has 1 aromatic carbocycles. The van der Waals surface area contributed by atoms with Crippen molar-refractivity contribution in [1.82, 2.24) is 10.2 Å². The maximum Gasteiger partial charge on any atom is 0.261 e. The summed E-state index contributed by atoms with van der Waals surface area (Å²) in [6, 6.07) is 6.83. The third-order valence-electron chi connectivity index (χ3n) is 5.07. The van der Waals surface area contributed by atoms with Gasteiger partial charge < -0.3 is 38.5 Å². The van der Waals surface area contributed by atoms with Gasteiger partial charge in [-0.2, -0.15) is 0 Å². The second kappa shape index (κ2) is 20.1. The standard InChI is InChI=1S/C25H40N2O9/c1-26-6-8-30-10-12-32-14-16-34-18-20-36-21-19-35-17-15-33-13-11-31-9-7-27-24(28)22-4-2-3-5-23(22)25(27)29/h2-5,26H,6-21H2,1H3. The van der Waals surface area contributed by atoms with E-state index in [0.29, 0.717) is 97.0 Å². The lowest BCUT2D eigenvalue weighted by molar-refractivity contribution is -0.0206. The molecule has 0 saturated carbocycles. The van der Waals surface area contributed by atoms with Crippen molar-refractivity contribution in [2.24, 2.45) is 0 Å². The van der Waals surface area contributed by atoms with Gasteiger partial charge in [0.05, 0.1) is 110 Å². The number of rotatable bonds is 24. The number of carbonyl (C=O) groups excluding carboxylic acids is 2. The number of hydrogen-bond acceptors (Lipinski definition) is 10. The summed E-state index contributed by atoms with van der Waals surface area (Å²) in [5.74, 6) is -0.543. The van der Waals surface area contributed by atoms with Crippen molar-refractivity contribution in [3.05, 3.63) is 35.4 Å². The van der Waals surface area contributed by atoms with E-state index < -0.39 is 0 Å². The van der Waals surface area contributed by atoms with E-state index in [9.17, 15) is 9.59 Å². The quantitative estimate of drug-likeness (QED) is 0.156. The highest BCUT2D eigenvalue weighted by atomic mass is 16.6. The van der Waals surface area contributed by atoms with E-state index in [-0.39, 0.29) is 25.0 Å². The fraction of sp³-hybridized carbons (Fsp3) is 0.680. The molecule has 1 aromatic rings. The fourth-order valence-corrected chi connectivity index (χ4v) is 3.19. The highest BCUT2D eigenvalue weighted by molar-refractivity contribution is 6.21. The smallest absolute Gasteiger partial charge is 0.261 e. The van der Waals surface area contributed by atoms with E-state index in [2.05, 4.69) is 5.32 Å². The summed E-state index contributed by atoms with van der Waals surface area (Å²) in [4.78, 5) is 25.7. The second-order valence-electron chi connectivity index (χ2n) is 7.70. The van der Waals surface area contributed by atoms with Gasteiger partial charge in [-0.3, -0.25) is 14.5 Å². The molecule has 1 heterocycles. The lowest BCUT2D eigenvalue weighted by Gasteiger charge is -2.13. The number of carbonyl (C=O) groups is 2. The molecule has 0 fully saturated rings. The Balaban J connectivity index is 1.26. The van der Waals surface area contributed by atoms with Crippen LogP contribution in [0.3, 0.4) is 0 Å². The SMILES string of the molecule is CNCCOCCOCCOCCOCCOCCOCCOCCN1C(=O)c2ccccc2C1=O. The van der Waals surface area contributed by atoms with Gasteiger partial charge in [-0.1, -0.05) is 12.1 Å². The zero-order valence-corrected chi connectivity index (χ0v) is 21.2. The summed E-state index contributed by atoms with van der Waals surface area (Å²) < 4.78 is 38.0. The molecule has 0 spiro atoms. The largest absolute Gasteiger partial charge is 0.378 e. The number of benzene rings is 1. The van der Waals surface area contributed by atoms with Crippen LogP contribution in [0.2, 0.25) is 0 Å². The van der Waals surface area contributed by atoms with Crippen molar-refractivity contribution in [2.75, 3.05) is 113 Å². The first-order chi connectivity index (χ1) is 17.8. The van der Waals surface area contributed by atoms with Crippen LogP contribution in [-0.4, -0.2) is 129 Å². The topological polar surface area (TPSA) is 114 Å².